The van der Waals surface area contributed by atoms with E-state index in [9.17, 15) is 14.7 Å². The fraction of sp³-hybridized carbons (Fsp3) is 0.294. The summed E-state index contributed by atoms with van der Waals surface area (Å²) < 4.78 is 1.42. The highest BCUT2D eigenvalue weighted by molar-refractivity contribution is 7.27. The molecule has 2 rings (SSSR count). The fourth-order valence-corrected chi connectivity index (χ4v) is 2.38. The minimum absolute atomic E-state index is 0.225. The number of hydrogen-bond donors (Lipinski definition) is 1. The minimum atomic E-state index is -1.08. The van der Waals surface area contributed by atoms with E-state index in [2.05, 4.69) is 9.24 Å². The highest BCUT2D eigenvalue weighted by atomic mass is 31.0. The minimum Gasteiger partial charge on any atom is -0.388 e. The number of carbonyl (C=O) groups excluding carboxylic acids is 1. The molecule has 2 unspecified atom stereocenters. The molecule has 0 aliphatic rings. The van der Waals surface area contributed by atoms with Gasteiger partial charge in [0.05, 0.1) is 11.6 Å². The Hall–Kier alpha value is -1.77. The zero-order chi connectivity index (χ0) is 16.5. The van der Waals surface area contributed by atoms with Crippen LogP contribution in [-0.2, 0) is 0 Å². The zero-order valence-corrected chi connectivity index (χ0v) is 14.1. The maximum atomic E-state index is 12.7. The summed E-state index contributed by atoms with van der Waals surface area (Å²) in [6.07, 6.45) is 2.20. The molecule has 0 bridgehead atoms. The van der Waals surface area contributed by atoms with Gasteiger partial charge in [0.1, 0.15) is 0 Å². The Labute approximate surface area is 132 Å². The van der Waals surface area contributed by atoms with E-state index in [4.69, 9.17) is 0 Å². The van der Waals surface area contributed by atoms with Crippen LogP contribution in [0.25, 0.3) is 11.1 Å². The molecule has 1 aromatic carbocycles. The highest BCUT2D eigenvalue weighted by Crippen LogP contribution is 2.22. The third-order valence-electron chi connectivity index (χ3n) is 3.86. The molecule has 0 aliphatic heterocycles. The lowest BCUT2D eigenvalue weighted by molar-refractivity contribution is 0.0292. The molecule has 5 heteroatoms. The zero-order valence-electron chi connectivity index (χ0n) is 12.9. The van der Waals surface area contributed by atoms with Crippen molar-refractivity contribution in [2.45, 2.75) is 32.4 Å². The molecule has 22 heavy (non-hydrogen) atoms. The van der Waals surface area contributed by atoms with Crippen LogP contribution < -0.4 is 10.9 Å². The maximum Gasteiger partial charge on any atom is 0.258 e. The molecule has 0 fully saturated rings. The third kappa shape index (κ3) is 3.34. The van der Waals surface area contributed by atoms with E-state index in [1.54, 1.807) is 26.8 Å². The Kier molecular flexibility index (Phi) is 4.64. The molecular weight excluding hydrogens is 297 g/mol. The van der Waals surface area contributed by atoms with E-state index in [1.807, 2.05) is 24.3 Å². The van der Waals surface area contributed by atoms with Gasteiger partial charge in [-0.15, -0.1) is 9.24 Å². The quantitative estimate of drug-likeness (QED) is 0.694. The Morgan fingerprint density at radius 2 is 1.86 bits per heavy atom. The van der Waals surface area contributed by atoms with Crippen LogP contribution >= 0.6 is 9.24 Å². The summed E-state index contributed by atoms with van der Waals surface area (Å²) in [7, 11) is 2.59. The molecular formula is C17H20NO3P. The van der Waals surface area contributed by atoms with Crippen LogP contribution in [-0.4, -0.2) is 21.6 Å². The van der Waals surface area contributed by atoms with Crippen molar-refractivity contribution in [3.8, 4) is 11.1 Å². The fourth-order valence-electron chi connectivity index (χ4n) is 2.19. The molecule has 0 amide bonds. The largest absolute Gasteiger partial charge is 0.388 e. The van der Waals surface area contributed by atoms with Crippen LogP contribution in [0, 0.1) is 0 Å². The number of pyridine rings is 1. The van der Waals surface area contributed by atoms with Crippen molar-refractivity contribution in [1.29, 1.82) is 0 Å². The van der Waals surface area contributed by atoms with Crippen molar-refractivity contribution in [3.63, 3.8) is 0 Å². The summed E-state index contributed by atoms with van der Waals surface area (Å²) in [6, 6.07) is 8.58. The van der Waals surface area contributed by atoms with Gasteiger partial charge in [0.15, 0.2) is 6.29 Å². The van der Waals surface area contributed by atoms with Crippen LogP contribution in [0.3, 0.4) is 0 Å². The molecule has 116 valence electrons. The average Bonchev–Trinajstić information content (AvgIpc) is 2.47. The average molecular weight is 317 g/mol. The van der Waals surface area contributed by atoms with Crippen LogP contribution in [0.1, 0.15) is 37.2 Å². The van der Waals surface area contributed by atoms with Gasteiger partial charge in [-0.2, -0.15) is 0 Å². The second kappa shape index (κ2) is 6.15. The molecule has 2 atom stereocenters. The number of nitrogens with zero attached hydrogens (tertiary/aromatic N) is 1. The van der Waals surface area contributed by atoms with Crippen molar-refractivity contribution in [1.82, 2.24) is 4.57 Å². The van der Waals surface area contributed by atoms with Gasteiger partial charge < -0.3 is 9.67 Å². The van der Waals surface area contributed by atoms with Crippen molar-refractivity contribution in [3.05, 3.63) is 52.4 Å². The van der Waals surface area contributed by atoms with Gasteiger partial charge in [-0.1, -0.05) is 24.3 Å². The summed E-state index contributed by atoms with van der Waals surface area (Å²) >= 11 is 0. The van der Waals surface area contributed by atoms with Crippen molar-refractivity contribution in [2.24, 2.45) is 0 Å². The van der Waals surface area contributed by atoms with Crippen molar-refractivity contribution >= 4 is 20.8 Å². The van der Waals surface area contributed by atoms with Crippen molar-refractivity contribution in [2.75, 3.05) is 0 Å². The van der Waals surface area contributed by atoms with Crippen LogP contribution in [0.4, 0.5) is 0 Å². The SMILES string of the molecule is CC(n1cc(C=O)cc(-c2ccc(P)cc2)c1=O)C(C)(C)O. The lowest BCUT2D eigenvalue weighted by Crippen LogP contribution is -2.37. The summed E-state index contributed by atoms with van der Waals surface area (Å²) in [5.41, 5.74) is 0.298. The molecule has 1 aromatic heterocycles. The summed E-state index contributed by atoms with van der Waals surface area (Å²) in [5, 5.41) is 11.2. The predicted octanol–water partition coefficient (Wildman–Crippen LogP) is 2.16. The molecule has 0 saturated heterocycles. The molecule has 0 aliphatic carbocycles. The Morgan fingerprint density at radius 1 is 1.27 bits per heavy atom. The van der Waals surface area contributed by atoms with E-state index in [0.29, 0.717) is 17.4 Å². The van der Waals surface area contributed by atoms with Gasteiger partial charge in [-0.3, -0.25) is 9.59 Å². The van der Waals surface area contributed by atoms with Gasteiger partial charge in [0.2, 0.25) is 0 Å². The van der Waals surface area contributed by atoms with Gasteiger partial charge >= 0.3 is 0 Å². The second-order valence-corrected chi connectivity index (χ2v) is 6.64. The monoisotopic (exact) mass is 317 g/mol. The third-order valence-corrected chi connectivity index (χ3v) is 4.25. The van der Waals surface area contributed by atoms with E-state index in [0.717, 1.165) is 10.9 Å². The summed E-state index contributed by atoms with van der Waals surface area (Å²) in [6.45, 7) is 5.03. The van der Waals surface area contributed by atoms with Gasteiger partial charge in [-0.05, 0) is 37.7 Å². The van der Waals surface area contributed by atoms with E-state index in [-0.39, 0.29) is 5.56 Å². The molecule has 0 radical (unpaired) electrons. The first-order valence-corrected chi connectivity index (χ1v) is 7.61. The Morgan fingerprint density at radius 3 is 2.36 bits per heavy atom. The number of aldehydes is 1. The lowest BCUT2D eigenvalue weighted by Gasteiger charge is -2.28. The first kappa shape index (κ1) is 16.6. The number of carbonyl (C=O) groups is 1. The standard InChI is InChI=1S/C17H20NO3P/c1-11(17(2,3)21)18-9-12(10-19)8-15(16(18)20)13-4-6-14(22)7-5-13/h4-11,21H,22H2,1-3H3. The van der Waals surface area contributed by atoms with Gasteiger partial charge in [0.25, 0.3) is 5.56 Å². The molecule has 4 nitrogen and oxygen atoms in total. The lowest BCUT2D eigenvalue weighted by atomic mass is 9.99. The van der Waals surface area contributed by atoms with Crippen LogP contribution in [0.2, 0.25) is 0 Å². The summed E-state index contributed by atoms with van der Waals surface area (Å²) in [5.74, 6) is 0. The topological polar surface area (TPSA) is 59.3 Å². The van der Waals surface area contributed by atoms with Crippen molar-refractivity contribution < 1.29 is 9.90 Å². The van der Waals surface area contributed by atoms with E-state index in [1.165, 1.54) is 10.8 Å². The Balaban J connectivity index is 2.68. The van der Waals surface area contributed by atoms with Crippen LogP contribution in [0.15, 0.2) is 41.3 Å². The molecule has 1 N–H and O–H groups in total. The molecule has 0 spiro atoms. The molecule has 2 aromatic rings. The highest BCUT2D eigenvalue weighted by Gasteiger charge is 2.25. The first-order valence-electron chi connectivity index (χ1n) is 7.03. The number of aliphatic hydroxyl groups is 1. The van der Waals surface area contributed by atoms with E-state index < -0.39 is 11.6 Å². The first-order chi connectivity index (χ1) is 10.2. The molecule has 1 heterocycles. The number of benzene rings is 1. The number of rotatable bonds is 4. The van der Waals surface area contributed by atoms with Gasteiger partial charge in [-0.25, -0.2) is 0 Å². The Bertz CT molecular complexity index is 742. The second-order valence-electron chi connectivity index (χ2n) is 5.97. The van der Waals surface area contributed by atoms with Crippen LogP contribution in [0.5, 0.6) is 0 Å². The predicted molar refractivity (Wildman–Crippen MR) is 91.9 cm³/mol. The molecule has 0 saturated carbocycles. The summed E-state index contributed by atoms with van der Waals surface area (Å²) in [4.78, 5) is 23.9. The normalized spacial score (nSPS) is 13.0. The smallest absolute Gasteiger partial charge is 0.258 e. The number of hydrogen-bond acceptors (Lipinski definition) is 3. The maximum absolute atomic E-state index is 12.7. The van der Waals surface area contributed by atoms with E-state index >= 15 is 0 Å². The number of aromatic nitrogens is 1. The van der Waals surface area contributed by atoms with Gasteiger partial charge in [0, 0.05) is 17.3 Å².